The molecule has 0 aromatic carbocycles. The minimum atomic E-state index is -4.70. The predicted octanol–water partition coefficient (Wildman–Crippen LogP) is -5.23. The topological polar surface area (TPSA) is 177 Å². The summed E-state index contributed by atoms with van der Waals surface area (Å²) in [6, 6.07) is 0. The summed E-state index contributed by atoms with van der Waals surface area (Å²) in [5.41, 5.74) is 0. The molecule has 0 aliphatic carbocycles. The standard InChI is InChI=1S/C10H18O10S2/c11-1-6-7(13)4(12)2-21(6)3-5-9(22(17,18)20-16)8(14)10(15)19-5/h4-15H,1-3H2/t4-,5-,6-,7+,8+,9-,10?,21?/m1/s1. The first-order chi connectivity index (χ1) is 10.2. The van der Waals surface area contributed by atoms with Gasteiger partial charge in [-0.1, -0.05) is 0 Å². The molecule has 0 spiro atoms. The van der Waals surface area contributed by atoms with Crippen LogP contribution in [0.25, 0.3) is 0 Å². The lowest BCUT2D eigenvalue weighted by atomic mass is 10.2. The summed E-state index contributed by atoms with van der Waals surface area (Å²) in [4.78, 5) is 0. The third kappa shape index (κ3) is 3.26. The normalized spacial score (nSPS) is 46.3. The fraction of sp³-hybridized carbons (Fsp3) is 1.00. The van der Waals surface area contributed by atoms with Gasteiger partial charge in [0.05, 0.1) is 6.61 Å². The third-order valence-electron chi connectivity index (χ3n) is 3.88. The average Bonchev–Trinajstić information content (AvgIpc) is 2.88. The van der Waals surface area contributed by atoms with Crippen molar-refractivity contribution in [2.75, 3.05) is 18.1 Å². The van der Waals surface area contributed by atoms with E-state index in [1.54, 1.807) is 0 Å². The molecule has 0 amide bonds. The van der Waals surface area contributed by atoms with Crippen LogP contribution in [0.4, 0.5) is 0 Å². The Bertz CT molecular complexity index is 484. The molecule has 8 atom stereocenters. The Hall–Kier alpha value is -0.0200. The van der Waals surface area contributed by atoms with Gasteiger partial charge in [-0.05, 0) is 0 Å². The van der Waals surface area contributed by atoms with E-state index in [0.717, 1.165) is 0 Å². The van der Waals surface area contributed by atoms with Gasteiger partial charge in [0.15, 0.2) is 11.5 Å². The number of hydrogen-bond donors (Lipinski definition) is 5. The molecule has 0 aromatic heterocycles. The molecule has 22 heavy (non-hydrogen) atoms. The van der Waals surface area contributed by atoms with Gasteiger partial charge in [0, 0.05) is 10.9 Å². The summed E-state index contributed by atoms with van der Waals surface area (Å²) in [7, 11) is -5.52. The lowest BCUT2D eigenvalue weighted by molar-refractivity contribution is -0.635. The molecule has 0 bridgehead atoms. The van der Waals surface area contributed by atoms with Gasteiger partial charge in [-0.15, -0.1) is 0 Å². The Kier molecular flexibility index (Phi) is 5.70. The van der Waals surface area contributed by atoms with Gasteiger partial charge in [0.25, 0.3) is 10.1 Å². The van der Waals surface area contributed by atoms with Gasteiger partial charge in [-0.3, -0.25) is 0 Å². The Morgan fingerprint density at radius 3 is 2.41 bits per heavy atom. The van der Waals surface area contributed by atoms with Crippen molar-refractivity contribution in [3.05, 3.63) is 0 Å². The van der Waals surface area contributed by atoms with Crippen LogP contribution in [0, 0.1) is 0 Å². The zero-order valence-electron chi connectivity index (χ0n) is 11.3. The van der Waals surface area contributed by atoms with E-state index in [-0.39, 0.29) is 11.5 Å². The second-order valence-electron chi connectivity index (χ2n) is 5.23. The van der Waals surface area contributed by atoms with Crippen molar-refractivity contribution >= 4 is 21.0 Å². The molecule has 10 nitrogen and oxygen atoms in total. The van der Waals surface area contributed by atoms with Crippen molar-refractivity contribution in [2.45, 2.75) is 41.2 Å². The van der Waals surface area contributed by atoms with E-state index < -0.39 is 68.8 Å². The van der Waals surface area contributed by atoms with Crippen molar-refractivity contribution in [1.29, 1.82) is 0 Å². The Morgan fingerprint density at radius 2 is 1.86 bits per heavy atom. The van der Waals surface area contributed by atoms with Crippen LogP contribution in [0.2, 0.25) is 0 Å². The molecular formula is C10H18O10S2. The Labute approximate surface area is 129 Å². The van der Waals surface area contributed by atoms with Crippen LogP contribution in [0.3, 0.4) is 0 Å². The van der Waals surface area contributed by atoms with Crippen molar-refractivity contribution in [1.82, 2.24) is 0 Å². The summed E-state index contributed by atoms with van der Waals surface area (Å²) < 4.78 is 31.3. The average molecular weight is 362 g/mol. The van der Waals surface area contributed by atoms with Gasteiger partial charge in [0.2, 0.25) is 0 Å². The van der Waals surface area contributed by atoms with Crippen molar-refractivity contribution in [3.63, 3.8) is 0 Å². The van der Waals surface area contributed by atoms with Crippen molar-refractivity contribution in [3.8, 4) is 0 Å². The minimum absolute atomic E-state index is 0.0687. The molecule has 2 saturated heterocycles. The third-order valence-corrected chi connectivity index (χ3v) is 8.13. The summed E-state index contributed by atoms with van der Waals surface area (Å²) in [5.74, 6) is 0.0458. The summed E-state index contributed by atoms with van der Waals surface area (Å²) in [6.45, 7) is -0.422. The molecule has 0 saturated carbocycles. The second-order valence-corrected chi connectivity index (χ2v) is 9.24. The van der Waals surface area contributed by atoms with E-state index in [1.807, 2.05) is 0 Å². The van der Waals surface area contributed by atoms with E-state index in [2.05, 4.69) is 4.33 Å². The summed E-state index contributed by atoms with van der Waals surface area (Å²) in [6.07, 6.45) is -7.12. The first-order valence-electron chi connectivity index (χ1n) is 6.43. The largest absolute Gasteiger partial charge is 0.707 e. The first kappa shape index (κ1) is 18.3. The molecule has 0 radical (unpaired) electrons. The monoisotopic (exact) mass is 362 g/mol. The molecule has 2 aliphatic rings. The van der Waals surface area contributed by atoms with Crippen LogP contribution < -0.4 is 5.26 Å². The highest BCUT2D eigenvalue weighted by atomic mass is 32.2. The fourth-order valence-corrected chi connectivity index (χ4v) is 6.74. The number of hydrogen-bond acceptors (Lipinski definition) is 10. The highest BCUT2D eigenvalue weighted by Crippen LogP contribution is 2.31. The molecule has 5 N–H and O–H groups in total. The van der Waals surface area contributed by atoms with Gasteiger partial charge in [-0.2, -0.15) is 8.42 Å². The quantitative estimate of drug-likeness (QED) is 0.180. The molecule has 2 fully saturated rings. The zero-order valence-corrected chi connectivity index (χ0v) is 12.9. The number of ether oxygens (including phenoxy) is 1. The number of aliphatic hydroxyl groups is 5. The van der Waals surface area contributed by atoms with E-state index in [9.17, 15) is 39.2 Å². The lowest BCUT2D eigenvalue weighted by Crippen LogP contribution is -2.46. The molecule has 0 aromatic rings. The van der Waals surface area contributed by atoms with Gasteiger partial charge in [-0.25, -0.2) is 0 Å². The first-order valence-corrected chi connectivity index (χ1v) is 9.52. The summed E-state index contributed by atoms with van der Waals surface area (Å²) in [5, 5.41) is 55.7. The maximum atomic E-state index is 11.6. The van der Waals surface area contributed by atoms with E-state index in [0.29, 0.717) is 0 Å². The molecule has 2 aliphatic heterocycles. The summed E-state index contributed by atoms with van der Waals surface area (Å²) >= 11 is 0. The number of aliphatic hydroxyl groups excluding tert-OH is 5. The molecule has 12 heteroatoms. The van der Waals surface area contributed by atoms with Crippen LogP contribution in [0.5, 0.6) is 0 Å². The number of rotatable bonds is 5. The Morgan fingerprint density at radius 1 is 1.23 bits per heavy atom. The van der Waals surface area contributed by atoms with Gasteiger partial charge < -0.3 is 39.9 Å². The smallest absolute Gasteiger partial charge is 0.267 e. The SMILES string of the molecule is O=S(=O)(O[O-])[C@H]1[C@H](O)C(O)O[C@@H]1C[S+]1C[C@@H](O)[C@H](O)[C@H]1CO. The van der Waals surface area contributed by atoms with Crippen molar-refractivity contribution < 1.29 is 48.3 Å². The fourth-order valence-electron chi connectivity index (χ4n) is 2.76. The van der Waals surface area contributed by atoms with Crippen LogP contribution >= 0.6 is 0 Å². The predicted molar refractivity (Wildman–Crippen MR) is 70.7 cm³/mol. The Balaban J connectivity index is 2.17. The highest BCUT2D eigenvalue weighted by molar-refractivity contribution is 7.98. The lowest BCUT2D eigenvalue weighted by Gasteiger charge is -2.21. The van der Waals surface area contributed by atoms with Crippen molar-refractivity contribution in [2.24, 2.45) is 0 Å². The van der Waals surface area contributed by atoms with E-state index in [4.69, 9.17) is 4.74 Å². The molecule has 130 valence electrons. The van der Waals surface area contributed by atoms with E-state index in [1.165, 1.54) is 0 Å². The van der Waals surface area contributed by atoms with Crippen LogP contribution in [0.15, 0.2) is 0 Å². The van der Waals surface area contributed by atoms with Crippen LogP contribution in [-0.4, -0.2) is 93.3 Å². The molecular weight excluding hydrogens is 344 g/mol. The van der Waals surface area contributed by atoms with Gasteiger partial charge >= 0.3 is 0 Å². The van der Waals surface area contributed by atoms with Crippen LogP contribution in [0.1, 0.15) is 0 Å². The molecule has 2 unspecified atom stereocenters. The maximum absolute atomic E-state index is 11.6. The second kappa shape index (κ2) is 6.84. The minimum Gasteiger partial charge on any atom is -0.707 e. The molecule has 2 rings (SSSR count). The zero-order chi connectivity index (χ0) is 16.7. The maximum Gasteiger partial charge on any atom is 0.267 e. The van der Waals surface area contributed by atoms with Gasteiger partial charge in [0.1, 0.15) is 41.2 Å². The van der Waals surface area contributed by atoms with Crippen LogP contribution in [-0.2, 0) is 30.1 Å². The highest BCUT2D eigenvalue weighted by Gasteiger charge is 2.56. The van der Waals surface area contributed by atoms with E-state index >= 15 is 0 Å². The molecule has 2 heterocycles.